The summed E-state index contributed by atoms with van der Waals surface area (Å²) >= 11 is 1.49. The Hall–Kier alpha value is -3.70. The first-order valence-corrected chi connectivity index (χ1v) is 11.6. The number of aryl methyl sites for hydroxylation is 1. The Morgan fingerprint density at radius 1 is 0.750 bits per heavy atom. The minimum atomic E-state index is -0.258. The number of anilines is 2. The molecule has 2 amide bonds. The first kappa shape index (κ1) is 19.0. The molecule has 32 heavy (non-hydrogen) atoms. The van der Waals surface area contributed by atoms with Crippen LogP contribution in [0, 0.1) is 0 Å². The zero-order chi connectivity index (χ0) is 21.7. The molecule has 0 N–H and O–H groups in total. The molecular weight excluding hydrogens is 416 g/mol. The standard InChI is InChI=1S/C27H20N2O2S/c30-26-24(23-15-7-17-32-23)25(28-16-6-11-19-9-2-4-13-21(19)28)27(31)29(26)22-14-5-10-18-8-1-3-12-20(18)22/h1-5,7-10,12-15,17H,6,11,16H2. The van der Waals surface area contributed by atoms with Crippen LogP contribution < -0.4 is 9.80 Å². The van der Waals surface area contributed by atoms with Gasteiger partial charge in [-0.05, 0) is 47.4 Å². The molecule has 156 valence electrons. The summed E-state index contributed by atoms with van der Waals surface area (Å²) in [7, 11) is 0. The molecule has 1 aromatic heterocycles. The second kappa shape index (κ2) is 7.46. The Morgan fingerprint density at radius 3 is 2.41 bits per heavy atom. The SMILES string of the molecule is O=C1C(c2cccs2)=C(N2CCCc3ccccc32)C(=O)N1c1cccc2ccccc12. The lowest BCUT2D eigenvalue weighted by molar-refractivity contribution is -0.120. The molecule has 0 saturated carbocycles. The van der Waals surface area contributed by atoms with E-state index in [1.807, 2.05) is 78.2 Å². The van der Waals surface area contributed by atoms with Crippen molar-refractivity contribution in [2.75, 3.05) is 16.3 Å². The van der Waals surface area contributed by atoms with E-state index in [1.165, 1.54) is 21.8 Å². The van der Waals surface area contributed by atoms with Crippen molar-refractivity contribution in [3.63, 3.8) is 0 Å². The van der Waals surface area contributed by atoms with Crippen LogP contribution in [0.5, 0.6) is 0 Å². The maximum Gasteiger partial charge on any atom is 0.282 e. The average molecular weight is 437 g/mol. The van der Waals surface area contributed by atoms with Gasteiger partial charge in [-0.1, -0.05) is 60.7 Å². The molecule has 2 aliphatic rings. The monoisotopic (exact) mass is 436 g/mol. The lowest BCUT2D eigenvalue weighted by Crippen LogP contribution is -2.37. The summed E-state index contributed by atoms with van der Waals surface area (Å²) in [6.45, 7) is 0.712. The zero-order valence-electron chi connectivity index (χ0n) is 17.3. The Morgan fingerprint density at radius 2 is 1.53 bits per heavy atom. The van der Waals surface area contributed by atoms with Gasteiger partial charge in [0.1, 0.15) is 5.70 Å². The van der Waals surface area contributed by atoms with Gasteiger partial charge in [0, 0.05) is 22.5 Å². The van der Waals surface area contributed by atoms with Crippen LogP contribution in [-0.4, -0.2) is 18.4 Å². The van der Waals surface area contributed by atoms with Crippen molar-refractivity contribution in [3.05, 3.63) is 100 Å². The smallest absolute Gasteiger partial charge is 0.282 e. The number of thiophene rings is 1. The number of hydrogen-bond acceptors (Lipinski definition) is 4. The minimum absolute atomic E-state index is 0.258. The fourth-order valence-corrected chi connectivity index (χ4v) is 5.56. The van der Waals surface area contributed by atoms with E-state index in [9.17, 15) is 9.59 Å². The molecule has 6 rings (SSSR count). The van der Waals surface area contributed by atoms with Crippen LogP contribution in [0.4, 0.5) is 11.4 Å². The highest BCUT2D eigenvalue weighted by Crippen LogP contribution is 2.41. The molecular formula is C27H20N2O2S. The van der Waals surface area contributed by atoms with Crippen molar-refractivity contribution in [1.82, 2.24) is 0 Å². The molecule has 4 aromatic rings. The van der Waals surface area contributed by atoms with E-state index in [-0.39, 0.29) is 11.8 Å². The fraction of sp³-hybridized carbons (Fsp3) is 0.111. The van der Waals surface area contributed by atoms with Gasteiger partial charge in [-0.3, -0.25) is 9.59 Å². The summed E-state index contributed by atoms with van der Waals surface area (Å²) in [5.41, 5.74) is 3.84. The van der Waals surface area contributed by atoms with Gasteiger partial charge in [-0.2, -0.15) is 0 Å². The number of para-hydroxylation sites is 1. The topological polar surface area (TPSA) is 40.6 Å². The van der Waals surface area contributed by atoms with Crippen molar-refractivity contribution in [3.8, 4) is 0 Å². The maximum absolute atomic E-state index is 14.0. The molecule has 0 radical (unpaired) electrons. The van der Waals surface area contributed by atoms with Gasteiger partial charge in [-0.15, -0.1) is 11.3 Å². The summed E-state index contributed by atoms with van der Waals surface area (Å²) in [6, 6.07) is 25.6. The maximum atomic E-state index is 14.0. The quantitative estimate of drug-likeness (QED) is 0.390. The highest BCUT2D eigenvalue weighted by atomic mass is 32.1. The van der Waals surface area contributed by atoms with Gasteiger partial charge < -0.3 is 4.90 Å². The predicted octanol–water partition coefficient (Wildman–Crippen LogP) is 5.64. The molecule has 0 fully saturated rings. The number of hydrogen-bond donors (Lipinski definition) is 0. The molecule has 4 nitrogen and oxygen atoms in total. The van der Waals surface area contributed by atoms with E-state index in [0.29, 0.717) is 23.5 Å². The van der Waals surface area contributed by atoms with E-state index < -0.39 is 0 Å². The van der Waals surface area contributed by atoms with Crippen LogP contribution >= 0.6 is 11.3 Å². The number of benzene rings is 3. The number of rotatable bonds is 3. The van der Waals surface area contributed by atoms with E-state index >= 15 is 0 Å². The molecule has 3 aromatic carbocycles. The number of carbonyl (C=O) groups is 2. The van der Waals surface area contributed by atoms with Crippen molar-refractivity contribution in [1.29, 1.82) is 0 Å². The van der Waals surface area contributed by atoms with Crippen LogP contribution in [0.15, 0.2) is 89.9 Å². The second-order valence-electron chi connectivity index (χ2n) is 8.03. The summed E-state index contributed by atoms with van der Waals surface area (Å²) in [4.78, 5) is 32.1. The number of nitrogens with zero attached hydrogens (tertiary/aromatic N) is 2. The molecule has 0 bridgehead atoms. The lowest BCUT2D eigenvalue weighted by Gasteiger charge is -2.32. The van der Waals surface area contributed by atoms with Gasteiger partial charge in [-0.25, -0.2) is 4.90 Å². The van der Waals surface area contributed by atoms with E-state index in [0.717, 1.165) is 34.2 Å². The van der Waals surface area contributed by atoms with Crippen LogP contribution in [0.2, 0.25) is 0 Å². The van der Waals surface area contributed by atoms with E-state index in [2.05, 4.69) is 11.0 Å². The van der Waals surface area contributed by atoms with Crippen LogP contribution in [0.25, 0.3) is 16.3 Å². The Labute approximate surface area is 190 Å². The number of imide groups is 1. The molecule has 0 unspecified atom stereocenters. The highest BCUT2D eigenvalue weighted by molar-refractivity contribution is 7.11. The molecule has 0 atom stereocenters. The summed E-state index contributed by atoms with van der Waals surface area (Å²) in [5, 5.41) is 3.84. The Bertz CT molecular complexity index is 1400. The minimum Gasteiger partial charge on any atom is -0.336 e. The zero-order valence-corrected chi connectivity index (χ0v) is 18.1. The second-order valence-corrected chi connectivity index (χ2v) is 8.98. The normalized spacial score (nSPS) is 16.2. The van der Waals surface area contributed by atoms with Crippen molar-refractivity contribution in [2.45, 2.75) is 12.8 Å². The molecule has 2 aliphatic heterocycles. The summed E-state index contributed by atoms with van der Waals surface area (Å²) in [5.74, 6) is -0.515. The molecule has 3 heterocycles. The average Bonchev–Trinajstić information content (AvgIpc) is 3.44. The Balaban J connectivity index is 1.56. The number of carbonyl (C=O) groups excluding carboxylic acids is 2. The first-order valence-electron chi connectivity index (χ1n) is 10.7. The number of amides is 2. The first-order chi connectivity index (χ1) is 15.7. The Kier molecular flexibility index (Phi) is 4.44. The van der Waals surface area contributed by atoms with Gasteiger partial charge in [0.05, 0.1) is 11.3 Å². The molecule has 0 saturated heterocycles. The van der Waals surface area contributed by atoms with E-state index in [1.54, 1.807) is 0 Å². The summed E-state index contributed by atoms with van der Waals surface area (Å²) < 4.78 is 0. The van der Waals surface area contributed by atoms with Gasteiger partial charge >= 0.3 is 0 Å². The molecule has 0 spiro atoms. The third kappa shape index (κ3) is 2.82. The van der Waals surface area contributed by atoms with Crippen molar-refractivity contribution < 1.29 is 9.59 Å². The lowest BCUT2D eigenvalue weighted by atomic mass is 10.00. The fourth-order valence-electron chi connectivity index (χ4n) is 4.80. The third-order valence-corrected chi connectivity index (χ3v) is 7.10. The summed E-state index contributed by atoms with van der Waals surface area (Å²) in [6.07, 6.45) is 1.91. The van der Waals surface area contributed by atoms with Crippen molar-refractivity contribution in [2.24, 2.45) is 0 Å². The van der Waals surface area contributed by atoms with E-state index in [4.69, 9.17) is 0 Å². The van der Waals surface area contributed by atoms with Crippen LogP contribution in [-0.2, 0) is 16.0 Å². The van der Waals surface area contributed by atoms with Crippen LogP contribution in [0.1, 0.15) is 16.9 Å². The molecule has 0 aliphatic carbocycles. The predicted molar refractivity (Wildman–Crippen MR) is 130 cm³/mol. The third-order valence-electron chi connectivity index (χ3n) is 6.21. The molecule has 5 heteroatoms. The highest BCUT2D eigenvalue weighted by Gasteiger charge is 2.44. The van der Waals surface area contributed by atoms with Gasteiger partial charge in [0.15, 0.2) is 0 Å². The van der Waals surface area contributed by atoms with Crippen molar-refractivity contribution >= 4 is 50.9 Å². The van der Waals surface area contributed by atoms with Gasteiger partial charge in [0.2, 0.25) is 0 Å². The van der Waals surface area contributed by atoms with Crippen LogP contribution in [0.3, 0.4) is 0 Å². The van der Waals surface area contributed by atoms with Gasteiger partial charge in [0.25, 0.3) is 11.8 Å². The largest absolute Gasteiger partial charge is 0.336 e. The number of fused-ring (bicyclic) bond motifs is 2.